The van der Waals surface area contributed by atoms with E-state index in [1.54, 1.807) is 23.5 Å². The summed E-state index contributed by atoms with van der Waals surface area (Å²) in [6.45, 7) is 7.59. The summed E-state index contributed by atoms with van der Waals surface area (Å²) in [5, 5.41) is 4.17. The molecule has 1 amide bonds. The molecular formula is C27H31N3O4S. The van der Waals surface area contributed by atoms with Crippen molar-refractivity contribution >= 4 is 22.2 Å². The Morgan fingerprint density at radius 2 is 1.91 bits per heavy atom. The van der Waals surface area contributed by atoms with Gasteiger partial charge in [-0.25, -0.2) is 0 Å². The summed E-state index contributed by atoms with van der Waals surface area (Å²) in [5.74, 6) is 1.72. The number of hydrogen-bond donors (Lipinski definition) is 1. The molecule has 1 atom stereocenters. The normalized spacial score (nSPS) is 18.9. The number of ether oxygens (including phenoxy) is 2. The number of carbonyl (C=O) groups is 1. The van der Waals surface area contributed by atoms with E-state index in [4.69, 9.17) is 13.9 Å². The van der Waals surface area contributed by atoms with Crippen molar-refractivity contribution < 1.29 is 18.7 Å². The number of nitrogens with zero attached hydrogens (tertiary/aromatic N) is 2. The highest BCUT2D eigenvalue weighted by Crippen LogP contribution is 2.47. The summed E-state index contributed by atoms with van der Waals surface area (Å²) in [5.41, 5.74) is 3.84. The topological polar surface area (TPSA) is 67.2 Å². The van der Waals surface area contributed by atoms with Crippen LogP contribution in [0.5, 0.6) is 11.5 Å². The number of hydrogen-bond acceptors (Lipinski definition) is 7. The van der Waals surface area contributed by atoms with Gasteiger partial charge in [0.2, 0.25) is 6.79 Å². The molecule has 3 aliphatic rings. The van der Waals surface area contributed by atoms with Gasteiger partial charge in [-0.2, -0.15) is 0 Å². The lowest BCUT2D eigenvalue weighted by Crippen LogP contribution is -2.47. The maximum Gasteiger partial charge on any atom is 0.291 e. The van der Waals surface area contributed by atoms with Crippen LogP contribution < -0.4 is 14.8 Å². The molecule has 1 fully saturated rings. The van der Waals surface area contributed by atoms with Crippen molar-refractivity contribution in [2.45, 2.75) is 38.6 Å². The van der Waals surface area contributed by atoms with Gasteiger partial charge in [0.05, 0.1) is 12.3 Å². The van der Waals surface area contributed by atoms with Crippen molar-refractivity contribution in [2.75, 3.05) is 44.8 Å². The van der Waals surface area contributed by atoms with E-state index < -0.39 is 0 Å². The van der Waals surface area contributed by atoms with Crippen LogP contribution in [0.4, 0.5) is 5.00 Å². The Morgan fingerprint density at radius 3 is 2.71 bits per heavy atom. The van der Waals surface area contributed by atoms with Gasteiger partial charge in [0, 0.05) is 36.6 Å². The molecular weight excluding hydrogens is 462 g/mol. The molecule has 1 N–H and O–H groups in total. The average molecular weight is 494 g/mol. The summed E-state index contributed by atoms with van der Waals surface area (Å²) >= 11 is 1.74. The van der Waals surface area contributed by atoms with Gasteiger partial charge in [-0.3, -0.25) is 9.69 Å². The second kappa shape index (κ2) is 9.68. The van der Waals surface area contributed by atoms with Gasteiger partial charge >= 0.3 is 0 Å². The van der Waals surface area contributed by atoms with E-state index in [1.807, 2.05) is 6.07 Å². The Bertz CT molecular complexity index is 1200. The molecule has 2 aromatic heterocycles. The highest BCUT2D eigenvalue weighted by atomic mass is 32.1. The van der Waals surface area contributed by atoms with Crippen LogP contribution in [0, 0.1) is 0 Å². The zero-order valence-electron chi connectivity index (χ0n) is 20.0. The fourth-order valence-electron chi connectivity index (χ4n) is 5.53. The molecule has 4 heterocycles. The first kappa shape index (κ1) is 22.6. The number of fused-ring (bicyclic) bond motifs is 2. The molecule has 8 heteroatoms. The first-order valence-corrected chi connectivity index (χ1v) is 13.4. The number of anilines is 1. The Labute approximate surface area is 209 Å². The molecule has 35 heavy (non-hydrogen) atoms. The molecule has 3 aromatic rings. The molecule has 7 nitrogen and oxygen atoms in total. The van der Waals surface area contributed by atoms with Crippen molar-refractivity contribution in [1.29, 1.82) is 0 Å². The van der Waals surface area contributed by atoms with Gasteiger partial charge < -0.3 is 24.1 Å². The summed E-state index contributed by atoms with van der Waals surface area (Å²) in [6.07, 6.45) is 6.04. The van der Waals surface area contributed by atoms with E-state index in [0.717, 1.165) is 62.1 Å². The van der Waals surface area contributed by atoms with Crippen LogP contribution in [0.3, 0.4) is 0 Å². The lowest BCUT2D eigenvalue weighted by atomic mass is 9.88. The van der Waals surface area contributed by atoms with Gasteiger partial charge in [0.15, 0.2) is 17.3 Å². The maximum atomic E-state index is 13.1. The van der Waals surface area contributed by atoms with Gasteiger partial charge in [0.25, 0.3) is 5.91 Å². The molecule has 1 saturated heterocycles. The number of piperazine rings is 1. The molecule has 0 radical (unpaired) electrons. The third-order valence-corrected chi connectivity index (χ3v) is 8.61. The van der Waals surface area contributed by atoms with Crippen LogP contribution in [0.15, 0.2) is 41.0 Å². The van der Waals surface area contributed by atoms with E-state index in [9.17, 15) is 4.79 Å². The maximum absolute atomic E-state index is 13.1. The molecule has 1 aliphatic carbocycles. The van der Waals surface area contributed by atoms with Crippen LogP contribution >= 0.6 is 11.3 Å². The van der Waals surface area contributed by atoms with Crippen LogP contribution in [0.25, 0.3) is 0 Å². The highest BCUT2D eigenvalue weighted by molar-refractivity contribution is 7.16. The Morgan fingerprint density at radius 1 is 1.09 bits per heavy atom. The Balaban J connectivity index is 1.44. The Kier molecular flexibility index (Phi) is 6.26. The highest BCUT2D eigenvalue weighted by Gasteiger charge is 2.34. The quantitative estimate of drug-likeness (QED) is 0.525. The molecule has 1 unspecified atom stereocenters. The first-order valence-electron chi connectivity index (χ1n) is 12.6. The summed E-state index contributed by atoms with van der Waals surface area (Å²) in [6, 6.07) is 9.81. The SMILES string of the molecule is CCN1CCN(C(c2ccc3c(c2)OCO3)c2c(NC(=O)c3ccco3)sc3c2CCCC3)CC1. The van der Waals surface area contributed by atoms with Crippen molar-refractivity contribution in [1.82, 2.24) is 9.80 Å². The number of rotatable bonds is 6. The largest absolute Gasteiger partial charge is 0.459 e. The lowest BCUT2D eigenvalue weighted by Gasteiger charge is -2.40. The number of aryl methyl sites for hydroxylation is 1. The van der Waals surface area contributed by atoms with Crippen LogP contribution in [0.1, 0.15) is 57.9 Å². The Hall–Kier alpha value is -2.81. The summed E-state index contributed by atoms with van der Waals surface area (Å²) < 4.78 is 16.7. The van der Waals surface area contributed by atoms with Crippen molar-refractivity contribution in [3.63, 3.8) is 0 Å². The standard InChI is InChI=1S/C27H31N3O4S/c1-2-29-11-13-30(14-12-29)25(18-9-10-20-22(16-18)34-17-33-20)24-19-6-3-4-8-23(19)35-27(24)28-26(31)21-7-5-15-32-21/h5,7,9-10,15-16,25H,2-4,6,8,11-14,17H2,1H3,(H,28,31). The van der Waals surface area contributed by atoms with E-state index in [1.165, 1.54) is 40.7 Å². The smallest absolute Gasteiger partial charge is 0.291 e. The van der Waals surface area contributed by atoms with Gasteiger partial charge in [-0.05, 0) is 67.6 Å². The van der Waals surface area contributed by atoms with Crippen molar-refractivity contribution in [3.05, 3.63) is 63.9 Å². The third kappa shape index (κ3) is 4.35. The van der Waals surface area contributed by atoms with E-state index in [-0.39, 0.29) is 18.7 Å². The third-order valence-electron chi connectivity index (χ3n) is 7.39. The average Bonchev–Trinajstić information content (AvgIpc) is 3.65. The zero-order chi connectivity index (χ0) is 23.8. The fraction of sp³-hybridized carbons (Fsp3) is 0.444. The second-order valence-electron chi connectivity index (χ2n) is 9.37. The molecule has 1 aromatic carbocycles. The van der Waals surface area contributed by atoms with Crippen molar-refractivity contribution in [3.8, 4) is 11.5 Å². The minimum atomic E-state index is -0.199. The predicted molar refractivity (Wildman–Crippen MR) is 136 cm³/mol. The number of carbonyl (C=O) groups excluding carboxylic acids is 1. The molecule has 0 saturated carbocycles. The minimum absolute atomic E-state index is 0.0357. The second-order valence-corrected chi connectivity index (χ2v) is 10.5. The van der Waals surface area contributed by atoms with Gasteiger partial charge in [0.1, 0.15) is 5.00 Å². The molecule has 0 spiro atoms. The fourth-order valence-corrected chi connectivity index (χ4v) is 6.84. The molecule has 2 aliphatic heterocycles. The zero-order valence-corrected chi connectivity index (χ0v) is 20.9. The van der Waals surface area contributed by atoms with Crippen LogP contribution in [-0.2, 0) is 12.8 Å². The molecule has 0 bridgehead atoms. The minimum Gasteiger partial charge on any atom is -0.459 e. The number of nitrogens with one attached hydrogen (secondary N) is 1. The number of furan rings is 1. The number of likely N-dealkylation sites (N-methyl/N-ethyl adjacent to an activating group) is 1. The molecule has 6 rings (SSSR count). The molecule has 184 valence electrons. The number of benzene rings is 1. The van der Waals surface area contributed by atoms with E-state index >= 15 is 0 Å². The first-order chi connectivity index (χ1) is 17.2. The lowest BCUT2D eigenvalue weighted by molar-refractivity contribution is 0.0995. The van der Waals surface area contributed by atoms with Gasteiger partial charge in [-0.1, -0.05) is 13.0 Å². The summed E-state index contributed by atoms with van der Waals surface area (Å²) in [4.78, 5) is 19.5. The van der Waals surface area contributed by atoms with E-state index in [0.29, 0.717) is 5.76 Å². The number of thiophene rings is 1. The summed E-state index contributed by atoms with van der Waals surface area (Å²) in [7, 11) is 0. The van der Waals surface area contributed by atoms with Crippen LogP contribution in [0.2, 0.25) is 0 Å². The van der Waals surface area contributed by atoms with Crippen molar-refractivity contribution in [2.24, 2.45) is 0 Å². The number of amides is 1. The monoisotopic (exact) mass is 493 g/mol. The van der Waals surface area contributed by atoms with Gasteiger partial charge in [-0.15, -0.1) is 11.3 Å². The van der Waals surface area contributed by atoms with Crippen LogP contribution in [-0.4, -0.2) is 55.2 Å². The predicted octanol–water partition coefficient (Wildman–Crippen LogP) is 4.93. The van der Waals surface area contributed by atoms with E-state index in [2.05, 4.69) is 34.2 Å².